The molecule has 0 spiro atoms. The van der Waals surface area contributed by atoms with Crippen molar-refractivity contribution >= 4 is 11.8 Å². The van der Waals surface area contributed by atoms with E-state index in [2.05, 4.69) is 58.2 Å². The molecule has 7 heteroatoms. The number of benzene rings is 3. The second-order valence-corrected chi connectivity index (χ2v) is 9.42. The monoisotopic (exact) mass is 509 g/mol. The molecule has 0 saturated carbocycles. The summed E-state index contributed by atoms with van der Waals surface area (Å²) in [4.78, 5) is 16.6. The lowest BCUT2D eigenvalue weighted by molar-refractivity contribution is 0.170. The van der Waals surface area contributed by atoms with Crippen LogP contribution in [0.25, 0.3) is 11.1 Å². The van der Waals surface area contributed by atoms with E-state index in [-0.39, 0.29) is 12.1 Å². The molecule has 2 atom stereocenters. The van der Waals surface area contributed by atoms with Crippen molar-refractivity contribution < 1.29 is 9.90 Å². The molecule has 0 saturated heterocycles. The number of carbonyl (C=O) groups is 1. The average Bonchev–Trinajstić information content (AvgIpc) is 2.95. The molecular weight excluding hydrogens is 474 g/mol. The fraction of sp³-hybridized carbons (Fsp3) is 0.226. The Morgan fingerprint density at radius 1 is 0.895 bits per heavy atom. The number of amides is 2. The van der Waals surface area contributed by atoms with Gasteiger partial charge in [-0.3, -0.25) is 0 Å². The topological polar surface area (TPSA) is 112 Å². The zero-order valence-electron chi connectivity index (χ0n) is 21.6. The van der Waals surface area contributed by atoms with E-state index in [1.807, 2.05) is 48.5 Å². The molecule has 2 amide bonds. The predicted octanol–water partition coefficient (Wildman–Crippen LogP) is 4.58. The van der Waals surface area contributed by atoms with E-state index in [1.165, 1.54) is 0 Å². The van der Waals surface area contributed by atoms with Crippen LogP contribution in [-0.2, 0) is 19.5 Å². The van der Waals surface area contributed by atoms with Gasteiger partial charge >= 0.3 is 6.03 Å². The highest BCUT2D eigenvalue weighted by Gasteiger charge is 2.11. The summed E-state index contributed by atoms with van der Waals surface area (Å²) >= 11 is 0. The summed E-state index contributed by atoms with van der Waals surface area (Å²) in [6.07, 6.45) is 1.74. The van der Waals surface area contributed by atoms with Crippen LogP contribution in [0.4, 0.5) is 10.6 Å². The molecule has 0 radical (unpaired) electrons. The van der Waals surface area contributed by atoms with Crippen LogP contribution in [0.2, 0.25) is 0 Å². The molecule has 1 heterocycles. The molecule has 0 fully saturated rings. The molecular formula is C31H35N5O2. The summed E-state index contributed by atoms with van der Waals surface area (Å²) in [6, 6.07) is 29.9. The molecule has 4 rings (SSSR count). The van der Waals surface area contributed by atoms with Gasteiger partial charge in [0.1, 0.15) is 5.82 Å². The van der Waals surface area contributed by atoms with Crippen LogP contribution in [0.1, 0.15) is 35.3 Å². The minimum absolute atomic E-state index is 0.155. The predicted molar refractivity (Wildman–Crippen MR) is 152 cm³/mol. The summed E-state index contributed by atoms with van der Waals surface area (Å²) in [5.41, 5.74) is 11.8. The quantitative estimate of drug-likeness (QED) is 0.203. The van der Waals surface area contributed by atoms with Crippen LogP contribution < -0.4 is 21.7 Å². The maximum Gasteiger partial charge on any atom is 0.315 e. The van der Waals surface area contributed by atoms with Gasteiger partial charge in [-0.2, -0.15) is 0 Å². The van der Waals surface area contributed by atoms with Crippen molar-refractivity contribution in [2.45, 2.75) is 38.6 Å². The van der Waals surface area contributed by atoms with Gasteiger partial charge in [-0.1, -0.05) is 84.9 Å². The smallest absolute Gasteiger partial charge is 0.315 e. The number of anilines is 1. The maximum atomic E-state index is 12.5. The van der Waals surface area contributed by atoms with E-state index < -0.39 is 6.10 Å². The number of hydrogen-bond acceptors (Lipinski definition) is 5. The van der Waals surface area contributed by atoms with Gasteiger partial charge in [0.05, 0.1) is 6.10 Å². The highest BCUT2D eigenvalue weighted by Crippen LogP contribution is 2.23. The van der Waals surface area contributed by atoms with Crippen molar-refractivity contribution in [2.75, 3.05) is 12.3 Å². The third-order valence-corrected chi connectivity index (χ3v) is 6.38. The van der Waals surface area contributed by atoms with E-state index in [0.717, 1.165) is 39.8 Å². The fourth-order valence-electron chi connectivity index (χ4n) is 4.33. The van der Waals surface area contributed by atoms with Crippen LogP contribution in [0.15, 0.2) is 97.2 Å². The Morgan fingerprint density at radius 3 is 2.42 bits per heavy atom. The molecule has 38 heavy (non-hydrogen) atoms. The standard InChI is InChI=1S/C31H35N5O2/c1-22(33-21-29(37)27-14-15-30(32)34-20-27)16-23-8-7-9-24(17-23)18-35-31(38)36-19-26-12-5-6-13-28(26)25-10-3-2-4-11-25/h2-15,17,20,22,29,33,37H,16,18-19,21H2,1H3,(H2,32,34)(H2,35,36,38)/t22-,29+/m1/s1. The minimum Gasteiger partial charge on any atom is -0.387 e. The largest absolute Gasteiger partial charge is 0.387 e. The highest BCUT2D eigenvalue weighted by molar-refractivity contribution is 5.74. The molecule has 0 aliphatic rings. The number of urea groups is 1. The number of pyridine rings is 1. The number of aliphatic hydroxyl groups excluding tert-OH is 1. The molecule has 7 nitrogen and oxygen atoms in total. The number of aliphatic hydroxyl groups is 1. The van der Waals surface area contributed by atoms with Gasteiger partial charge in [0.15, 0.2) is 0 Å². The first-order chi connectivity index (χ1) is 18.5. The second-order valence-electron chi connectivity index (χ2n) is 9.42. The second kappa shape index (κ2) is 13.4. The van der Waals surface area contributed by atoms with Gasteiger partial charge in [-0.05, 0) is 47.2 Å². The average molecular weight is 510 g/mol. The first kappa shape index (κ1) is 26.9. The van der Waals surface area contributed by atoms with E-state index in [9.17, 15) is 9.90 Å². The van der Waals surface area contributed by atoms with Crippen LogP contribution >= 0.6 is 0 Å². The van der Waals surface area contributed by atoms with Gasteiger partial charge in [0, 0.05) is 37.4 Å². The Hall–Kier alpha value is -4.20. The minimum atomic E-state index is -0.653. The highest BCUT2D eigenvalue weighted by atomic mass is 16.3. The molecule has 1 aromatic heterocycles. The Kier molecular flexibility index (Phi) is 9.45. The zero-order chi connectivity index (χ0) is 26.7. The SMILES string of the molecule is C[C@H](Cc1cccc(CNC(=O)NCc2ccccc2-c2ccccc2)c1)NC[C@H](O)c1ccc(N)nc1. The molecule has 196 valence electrons. The molecule has 0 aliphatic carbocycles. The number of nitrogens with zero attached hydrogens (tertiary/aromatic N) is 1. The fourth-order valence-corrected chi connectivity index (χ4v) is 4.33. The van der Waals surface area contributed by atoms with Crippen LogP contribution in [0.5, 0.6) is 0 Å². The van der Waals surface area contributed by atoms with Crippen LogP contribution in [0.3, 0.4) is 0 Å². The summed E-state index contributed by atoms with van der Waals surface area (Å²) in [7, 11) is 0. The van der Waals surface area contributed by atoms with Crippen molar-refractivity contribution in [3.05, 3.63) is 119 Å². The van der Waals surface area contributed by atoms with Gasteiger partial charge in [-0.25, -0.2) is 9.78 Å². The van der Waals surface area contributed by atoms with Crippen molar-refractivity contribution in [3.8, 4) is 11.1 Å². The molecule has 0 unspecified atom stereocenters. The Balaban J connectivity index is 1.23. The molecule has 3 aromatic carbocycles. The first-order valence-electron chi connectivity index (χ1n) is 12.8. The van der Waals surface area contributed by atoms with Gasteiger partial charge < -0.3 is 26.8 Å². The number of carbonyl (C=O) groups excluding carboxylic acids is 1. The molecule has 4 aromatic rings. The number of rotatable bonds is 11. The third kappa shape index (κ3) is 7.90. The van der Waals surface area contributed by atoms with Gasteiger partial charge in [-0.15, -0.1) is 0 Å². The number of nitrogens with one attached hydrogen (secondary N) is 3. The summed E-state index contributed by atoms with van der Waals surface area (Å²) in [5.74, 6) is 0.433. The van der Waals surface area contributed by atoms with Crippen molar-refractivity contribution in [1.29, 1.82) is 0 Å². The Bertz CT molecular complexity index is 1310. The molecule has 0 aliphatic heterocycles. The summed E-state index contributed by atoms with van der Waals surface area (Å²) < 4.78 is 0. The number of hydrogen-bond donors (Lipinski definition) is 5. The summed E-state index contributed by atoms with van der Waals surface area (Å²) in [6.45, 7) is 3.38. The first-order valence-corrected chi connectivity index (χ1v) is 12.8. The maximum absolute atomic E-state index is 12.5. The zero-order valence-corrected chi connectivity index (χ0v) is 21.6. The van der Waals surface area contributed by atoms with Crippen molar-refractivity contribution in [3.63, 3.8) is 0 Å². The lowest BCUT2D eigenvalue weighted by Gasteiger charge is -2.18. The van der Waals surface area contributed by atoms with Crippen molar-refractivity contribution in [1.82, 2.24) is 20.9 Å². The van der Waals surface area contributed by atoms with E-state index >= 15 is 0 Å². The molecule has 6 N–H and O–H groups in total. The summed E-state index contributed by atoms with van der Waals surface area (Å²) in [5, 5.41) is 19.7. The Morgan fingerprint density at radius 2 is 1.63 bits per heavy atom. The van der Waals surface area contributed by atoms with E-state index in [0.29, 0.717) is 25.5 Å². The number of nitrogen functional groups attached to an aromatic ring is 1. The van der Waals surface area contributed by atoms with Gasteiger partial charge in [0.2, 0.25) is 0 Å². The third-order valence-electron chi connectivity index (χ3n) is 6.38. The van der Waals surface area contributed by atoms with E-state index in [4.69, 9.17) is 5.73 Å². The lowest BCUT2D eigenvalue weighted by Crippen LogP contribution is -2.34. The van der Waals surface area contributed by atoms with Crippen LogP contribution in [-0.4, -0.2) is 28.7 Å². The van der Waals surface area contributed by atoms with Crippen LogP contribution in [0, 0.1) is 0 Å². The molecule has 0 bridgehead atoms. The normalized spacial score (nSPS) is 12.5. The lowest BCUT2D eigenvalue weighted by atomic mass is 10.00. The Labute approximate surface area is 224 Å². The van der Waals surface area contributed by atoms with Crippen molar-refractivity contribution in [2.24, 2.45) is 0 Å². The van der Waals surface area contributed by atoms with E-state index in [1.54, 1.807) is 18.3 Å². The number of aromatic nitrogens is 1. The van der Waals surface area contributed by atoms with Gasteiger partial charge in [0.25, 0.3) is 0 Å². The number of nitrogens with two attached hydrogens (primary N) is 1.